The number of nitrogens with one attached hydrogen (secondary N) is 1. The molecule has 1 N–H and O–H groups in total. The molecule has 0 bridgehead atoms. The number of rotatable bonds is 6. The van der Waals surface area contributed by atoms with E-state index in [4.69, 9.17) is 4.74 Å². The Morgan fingerprint density at radius 3 is 2.32 bits per heavy atom. The number of methoxy groups -OCH3 is 1. The van der Waals surface area contributed by atoms with Crippen LogP contribution in [-0.4, -0.2) is 18.6 Å². The third-order valence-electron chi connectivity index (χ3n) is 3.14. The Balaban J connectivity index is 2.90. The molecule has 0 spiro atoms. The largest absolute Gasteiger partial charge is 0.468 e. The van der Waals surface area contributed by atoms with E-state index in [0.717, 1.165) is 6.42 Å². The Morgan fingerprint density at radius 1 is 1.26 bits per heavy atom. The second-order valence-corrected chi connectivity index (χ2v) is 5.85. The van der Waals surface area contributed by atoms with Gasteiger partial charge in [0.05, 0.1) is 7.11 Å². The summed E-state index contributed by atoms with van der Waals surface area (Å²) in [5.41, 5.74) is 0.512. The van der Waals surface area contributed by atoms with Gasteiger partial charge in [0.25, 0.3) is 0 Å². The SMILES string of the molecule is COC(=O)C(C)(C)NC(CC(C)C)c1ccccc1. The van der Waals surface area contributed by atoms with Gasteiger partial charge in [0.2, 0.25) is 0 Å². The molecule has 106 valence electrons. The van der Waals surface area contributed by atoms with Crippen LogP contribution in [0.5, 0.6) is 0 Å². The lowest BCUT2D eigenvalue weighted by molar-refractivity contribution is -0.147. The van der Waals surface area contributed by atoms with Gasteiger partial charge >= 0.3 is 5.97 Å². The van der Waals surface area contributed by atoms with E-state index in [1.807, 2.05) is 32.0 Å². The van der Waals surface area contributed by atoms with Crippen molar-refractivity contribution in [1.82, 2.24) is 5.32 Å². The van der Waals surface area contributed by atoms with E-state index in [9.17, 15) is 4.79 Å². The highest BCUT2D eigenvalue weighted by Gasteiger charge is 2.31. The number of hydrogen-bond acceptors (Lipinski definition) is 3. The summed E-state index contributed by atoms with van der Waals surface area (Å²) in [6, 6.07) is 10.4. The Morgan fingerprint density at radius 2 is 1.84 bits per heavy atom. The molecule has 1 aromatic rings. The molecule has 1 aromatic carbocycles. The van der Waals surface area contributed by atoms with Crippen LogP contribution in [-0.2, 0) is 9.53 Å². The smallest absolute Gasteiger partial charge is 0.325 e. The molecule has 0 heterocycles. The van der Waals surface area contributed by atoms with Crippen molar-refractivity contribution in [3.05, 3.63) is 35.9 Å². The topological polar surface area (TPSA) is 38.3 Å². The lowest BCUT2D eigenvalue weighted by Crippen LogP contribution is -2.49. The van der Waals surface area contributed by atoms with Crippen LogP contribution < -0.4 is 5.32 Å². The first kappa shape index (κ1) is 15.7. The highest BCUT2D eigenvalue weighted by atomic mass is 16.5. The summed E-state index contributed by atoms with van der Waals surface area (Å²) in [7, 11) is 1.42. The van der Waals surface area contributed by atoms with Gasteiger partial charge in [-0.25, -0.2) is 0 Å². The van der Waals surface area contributed by atoms with Crippen LogP contribution in [0.15, 0.2) is 30.3 Å². The minimum absolute atomic E-state index is 0.148. The molecule has 3 heteroatoms. The molecular formula is C16H25NO2. The Hall–Kier alpha value is -1.35. The predicted molar refractivity (Wildman–Crippen MR) is 77.9 cm³/mol. The average Bonchev–Trinajstić information content (AvgIpc) is 2.37. The van der Waals surface area contributed by atoms with Gasteiger partial charge in [0.15, 0.2) is 0 Å². The lowest BCUT2D eigenvalue weighted by atomic mass is 9.93. The summed E-state index contributed by atoms with van der Waals surface area (Å²) in [4.78, 5) is 11.8. The zero-order valence-electron chi connectivity index (χ0n) is 12.6. The second-order valence-electron chi connectivity index (χ2n) is 5.85. The Kier molecular flexibility index (Phi) is 5.55. The standard InChI is InChI=1S/C16H25NO2/c1-12(2)11-14(13-9-7-6-8-10-13)17-16(3,4)15(18)19-5/h6-10,12,14,17H,11H2,1-5H3. The molecule has 0 saturated carbocycles. The molecule has 1 unspecified atom stereocenters. The normalized spacial score (nSPS) is 13.4. The third-order valence-corrected chi connectivity index (χ3v) is 3.14. The molecule has 1 rings (SSSR count). The highest BCUT2D eigenvalue weighted by Crippen LogP contribution is 2.24. The predicted octanol–water partition coefficient (Wildman–Crippen LogP) is 3.32. The fourth-order valence-electron chi connectivity index (χ4n) is 2.18. The summed E-state index contributed by atoms with van der Waals surface area (Å²) < 4.78 is 4.86. The van der Waals surface area contributed by atoms with Crippen LogP contribution in [0, 0.1) is 5.92 Å². The van der Waals surface area contributed by atoms with Crippen molar-refractivity contribution in [2.45, 2.75) is 45.7 Å². The van der Waals surface area contributed by atoms with Gasteiger partial charge in [-0.3, -0.25) is 10.1 Å². The van der Waals surface area contributed by atoms with E-state index in [0.29, 0.717) is 5.92 Å². The second kappa shape index (κ2) is 6.71. The quantitative estimate of drug-likeness (QED) is 0.800. The van der Waals surface area contributed by atoms with E-state index in [1.165, 1.54) is 12.7 Å². The van der Waals surface area contributed by atoms with E-state index in [1.54, 1.807) is 0 Å². The maximum absolute atomic E-state index is 11.8. The number of benzene rings is 1. The minimum atomic E-state index is -0.690. The van der Waals surface area contributed by atoms with Crippen LogP contribution in [0.1, 0.15) is 45.7 Å². The van der Waals surface area contributed by atoms with Crippen molar-refractivity contribution in [3.63, 3.8) is 0 Å². The van der Waals surface area contributed by atoms with Crippen LogP contribution >= 0.6 is 0 Å². The lowest BCUT2D eigenvalue weighted by Gasteiger charge is -2.31. The fraction of sp³-hybridized carbons (Fsp3) is 0.562. The Bertz CT molecular complexity index is 398. The third kappa shape index (κ3) is 4.67. The molecule has 0 amide bonds. The van der Waals surface area contributed by atoms with Crippen molar-refractivity contribution in [1.29, 1.82) is 0 Å². The van der Waals surface area contributed by atoms with Gasteiger partial charge in [0.1, 0.15) is 5.54 Å². The summed E-state index contributed by atoms with van der Waals surface area (Å²) in [5.74, 6) is 0.309. The van der Waals surface area contributed by atoms with Crippen LogP contribution in [0.3, 0.4) is 0 Å². The van der Waals surface area contributed by atoms with Crippen molar-refractivity contribution in [2.75, 3.05) is 7.11 Å². The van der Waals surface area contributed by atoms with E-state index >= 15 is 0 Å². The summed E-state index contributed by atoms with van der Waals surface area (Å²) >= 11 is 0. The van der Waals surface area contributed by atoms with Gasteiger partial charge < -0.3 is 4.74 Å². The van der Waals surface area contributed by atoms with Gasteiger partial charge in [-0.1, -0.05) is 44.2 Å². The Labute approximate surface area is 116 Å². The van der Waals surface area contributed by atoms with Crippen LogP contribution in [0.25, 0.3) is 0 Å². The van der Waals surface area contributed by atoms with Gasteiger partial charge in [-0.05, 0) is 31.7 Å². The molecule has 3 nitrogen and oxygen atoms in total. The van der Waals surface area contributed by atoms with Gasteiger partial charge in [-0.2, -0.15) is 0 Å². The summed E-state index contributed by atoms with van der Waals surface area (Å²) in [5, 5.41) is 3.42. The number of esters is 1. The van der Waals surface area contributed by atoms with E-state index in [-0.39, 0.29) is 12.0 Å². The monoisotopic (exact) mass is 263 g/mol. The fourth-order valence-corrected chi connectivity index (χ4v) is 2.18. The first-order valence-corrected chi connectivity index (χ1v) is 6.78. The summed E-state index contributed by atoms with van der Waals surface area (Å²) in [6.45, 7) is 8.08. The first-order chi connectivity index (χ1) is 8.86. The van der Waals surface area contributed by atoms with E-state index < -0.39 is 5.54 Å². The number of carbonyl (C=O) groups excluding carboxylic acids is 1. The van der Waals surface area contributed by atoms with Crippen molar-refractivity contribution in [3.8, 4) is 0 Å². The van der Waals surface area contributed by atoms with Gasteiger partial charge in [0, 0.05) is 6.04 Å². The number of ether oxygens (including phenoxy) is 1. The molecular weight excluding hydrogens is 238 g/mol. The number of hydrogen-bond donors (Lipinski definition) is 1. The van der Waals surface area contributed by atoms with Gasteiger partial charge in [-0.15, -0.1) is 0 Å². The maximum atomic E-state index is 11.8. The van der Waals surface area contributed by atoms with E-state index in [2.05, 4.69) is 31.3 Å². The molecule has 0 aliphatic heterocycles. The molecule has 1 atom stereocenters. The molecule has 0 saturated heterocycles. The van der Waals surface area contributed by atoms with Crippen LogP contribution in [0.4, 0.5) is 0 Å². The molecule has 19 heavy (non-hydrogen) atoms. The molecule has 0 aromatic heterocycles. The molecule has 0 fully saturated rings. The minimum Gasteiger partial charge on any atom is -0.468 e. The van der Waals surface area contributed by atoms with Crippen molar-refractivity contribution >= 4 is 5.97 Å². The van der Waals surface area contributed by atoms with Crippen molar-refractivity contribution in [2.24, 2.45) is 5.92 Å². The zero-order chi connectivity index (χ0) is 14.5. The molecule has 0 aliphatic rings. The molecule has 0 aliphatic carbocycles. The first-order valence-electron chi connectivity index (χ1n) is 6.78. The summed E-state index contributed by atoms with van der Waals surface area (Å²) in [6.07, 6.45) is 0.977. The van der Waals surface area contributed by atoms with Crippen molar-refractivity contribution < 1.29 is 9.53 Å². The zero-order valence-corrected chi connectivity index (χ0v) is 12.6. The molecule has 0 radical (unpaired) electrons. The number of carbonyl (C=O) groups is 1. The maximum Gasteiger partial charge on any atom is 0.325 e. The van der Waals surface area contributed by atoms with Crippen LogP contribution in [0.2, 0.25) is 0 Å². The highest BCUT2D eigenvalue weighted by molar-refractivity contribution is 5.79. The average molecular weight is 263 g/mol.